The standard InChI is InChI=1S/C15H11N3O2/c19-15(20)11-4-3-5-13(8-11)18-10-12(9-17-18)14-6-1-2-7-16-14/h1-10H,(H,19,20). The summed E-state index contributed by atoms with van der Waals surface area (Å²) in [6, 6.07) is 12.3. The van der Waals surface area contributed by atoms with Gasteiger partial charge in [0.1, 0.15) is 0 Å². The number of nitrogens with zero attached hydrogens (tertiary/aromatic N) is 3. The highest BCUT2D eigenvalue weighted by atomic mass is 16.4. The number of hydrogen-bond acceptors (Lipinski definition) is 3. The Morgan fingerprint density at radius 2 is 2.05 bits per heavy atom. The van der Waals surface area contributed by atoms with Gasteiger partial charge in [0.15, 0.2) is 0 Å². The molecule has 20 heavy (non-hydrogen) atoms. The first kappa shape index (κ1) is 12.1. The fourth-order valence-corrected chi connectivity index (χ4v) is 1.91. The lowest BCUT2D eigenvalue weighted by atomic mass is 10.2. The van der Waals surface area contributed by atoms with Gasteiger partial charge in [-0.05, 0) is 30.3 Å². The van der Waals surface area contributed by atoms with Crippen LogP contribution in [0.15, 0.2) is 61.1 Å². The van der Waals surface area contributed by atoms with Crippen LogP contribution < -0.4 is 0 Å². The van der Waals surface area contributed by atoms with Crippen molar-refractivity contribution in [2.45, 2.75) is 0 Å². The molecule has 0 bridgehead atoms. The summed E-state index contributed by atoms with van der Waals surface area (Å²) in [5.74, 6) is -0.955. The number of rotatable bonds is 3. The zero-order valence-corrected chi connectivity index (χ0v) is 10.5. The molecule has 3 rings (SSSR count). The van der Waals surface area contributed by atoms with Gasteiger partial charge in [0.25, 0.3) is 0 Å². The summed E-state index contributed by atoms with van der Waals surface area (Å²) in [6.45, 7) is 0. The van der Waals surface area contributed by atoms with Crippen LogP contribution in [0, 0.1) is 0 Å². The van der Waals surface area contributed by atoms with Crippen molar-refractivity contribution in [1.29, 1.82) is 0 Å². The van der Waals surface area contributed by atoms with Crippen LogP contribution in [0.5, 0.6) is 0 Å². The molecule has 5 nitrogen and oxygen atoms in total. The molecular weight excluding hydrogens is 254 g/mol. The Labute approximate surface area is 115 Å². The van der Waals surface area contributed by atoms with Gasteiger partial charge < -0.3 is 5.11 Å². The molecule has 1 aromatic carbocycles. The maximum absolute atomic E-state index is 11.0. The lowest BCUT2D eigenvalue weighted by Gasteiger charge is -2.02. The van der Waals surface area contributed by atoms with Crippen molar-refractivity contribution in [3.8, 4) is 16.9 Å². The second-order valence-corrected chi connectivity index (χ2v) is 4.24. The van der Waals surface area contributed by atoms with E-state index in [1.54, 1.807) is 35.3 Å². The highest BCUT2D eigenvalue weighted by Crippen LogP contribution is 2.18. The van der Waals surface area contributed by atoms with E-state index in [-0.39, 0.29) is 5.56 Å². The molecule has 98 valence electrons. The van der Waals surface area contributed by atoms with Crippen LogP contribution in [0.3, 0.4) is 0 Å². The van der Waals surface area contributed by atoms with Gasteiger partial charge >= 0.3 is 5.97 Å². The third-order valence-electron chi connectivity index (χ3n) is 2.90. The molecule has 2 aromatic heterocycles. The van der Waals surface area contributed by atoms with Crippen LogP contribution >= 0.6 is 0 Å². The first-order valence-electron chi connectivity index (χ1n) is 6.04. The molecule has 0 radical (unpaired) electrons. The average molecular weight is 265 g/mol. The minimum Gasteiger partial charge on any atom is -0.478 e. The fourth-order valence-electron chi connectivity index (χ4n) is 1.91. The predicted octanol–water partition coefficient (Wildman–Crippen LogP) is 2.63. The van der Waals surface area contributed by atoms with Crippen molar-refractivity contribution in [2.24, 2.45) is 0 Å². The Bertz CT molecular complexity index is 751. The largest absolute Gasteiger partial charge is 0.478 e. The summed E-state index contributed by atoms with van der Waals surface area (Å²) in [4.78, 5) is 15.2. The van der Waals surface area contributed by atoms with Gasteiger partial charge in [0.2, 0.25) is 0 Å². The Morgan fingerprint density at radius 3 is 2.80 bits per heavy atom. The van der Waals surface area contributed by atoms with Gasteiger partial charge in [0, 0.05) is 18.0 Å². The Morgan fingerprint density at radius 1 is 1.15 bits per heavy atom. The van der Waals surface area contributed by atoms with E-state index < -0.39 is 5.97 Å². The summed E-state index contributed by atoms with van der Waals surface area (Å²) in [7, 11) is 0. The van der Waals surface area contributed by atoms with E-state index in [1.165, 1.54) is 0 Å². The molecule has 0 unspecified atom stereocenters. The first-order valence-corrected chi connectivity index (χ1v) is 6.04. The number of aromatic carboxylic acids is 1. The zero-order chi connectivity index (χ0) is 13.9. The fraction of sp³-hybridized carbons (Fsp3) is 0. The molecule has 5 heteroatoms. The predicted molar refractivity (Wildman–Crippen MR) is 73.8 cm³/mol. The maximum Gasteiger partial charge on any atom is 0.335 e. The molecule has 0 amide bonds. The topological polar surface area (TPSA) is 68.0 Å². The van der Waals surface area contributed by atoms with Crippen molar-refractivity contribution >= 4 is 5.97 Å². The van der Waals surface area contributed by atoms with E-state index in [4.69, 9.17) is 5.11 Å². The monoisotopic (exact) mass is 265 g/mol. The normalized spacial score (nSPS) is 10.4. The SMILES string of the molecule is O=C(O)c1cccc(-n2cc(-c3ccccn3)cn2)c1. The Balaban J connectivity index is 1.98. The number of carbonyl (C=O) groups is 1. The quantitative estimate of drug-likeness (QED) is 0.790. The molecule has 3 aromatic rings. The van der Waals surface area contributed by atoms with Gasteiger partial charge in [-0.2, -0.15) is 5.10 Å². The summed E-state index contributed by atoms with van der Waals surface area (Å²) < 4.78 is 1.64. The van der Waals surface area contributed by atoms with Crippen LogP contribution in [-0.4, -0.2) is 25.8 Å². The van der Waals surface area contributed by atoms with Crippen molar-refractivity contribution < 1.29 is 9.90 Å². The van der Waals surface area contributed by atoms with Crippen molar-refractivity contribution in [3.05, 3.63) is 66.6 Å². The molecule has 0 saturated carbocycles. The van der Waals surface area contributed by atoms with Gasteiger partial charge in [-0.25, -0.2) is 9.48 Å². The van der Waals surface area contributed by atoms with Gasteiger partial charge in [-0.15, -0.1) is 0 Å². The van der Waals surface area contributed by atoms with Crippen molar-refractivity contribution in [1.82, 2.24) is 14.8 Å². The van der Waals surface area contributed by atoms with Crippen LogP contribution in [-0.2, 0) is 0 Å². The minimum atomic E-state index is -0.955. The van der Waals surface area contributed by atoms with Gasteiger partial charge in [-0.1, -0.05) is 12.1 Å². The van der Waals surface area contributed by atoms with Crippen LogP contribution in [0.2, 0.25) is 0 Å². The molecule has 0 spiro atoms. The van der Waals surface area contributed by atoms with Crippen LogP contribution in [0.1, 0.15) is 10.4 Å². The van der Waals surface area contributed by atoms with E-state index in [2.05, 4.69) is 10.1 Å². The number of pyridine rings is 1. The average Bonchev–Trinajstić information content (AvgIpc) is 2.98. The second kappa shape index (κ2) is 4.97. The van der Waals surface area contributed by atoms with Crippen molar-refractivity contribution in [3.63, 3.8) is 0 Å². The Kier molecular flexibility index (Phi) is 3.01. The summed E-state index contributed by atoms with van der Waals surface area (Å²) in [5, 5.41) is 13.2. The van der Waals surface area contributed by atoms with E-state index >= 15 is 0 Å². The highest BCUT2D eigenvalue weighted by Gasteiger charge is 2.07. The maximum atomic E-state index is 11.0. The Hall–Kier alpha value is -2.95. The van der Waals surface area contributed by atoms with E-state index in [1.807, 2.05) is 30.5 Å². The van der Waals surface area contributed by atoms with E-state index in [0.29, 0.717) is 5.69 Å². The van der Waals surface area contributed by atoms with Crippen LogP contribution in [0.25, 0.3) is 16.9 Å². The number of carboxylic acid groups (broad SMARTS) is 1. The number of carboxylic acids is 1. The van der Waals surface area contributed by atoms with Gasteiger partial charge in [0.05, 0.1) is 23.1 Å². The summed E-state index contributed by atoms with van der Waals surface area (Å²) in [5.41, 5.74) is 2.64. The first-order chi connectivity index (χ1) is 9.74. The molecule has 0 aliphatic rings. The van der Waals surface area contributed by atoms with E-state index in [9.17, 15) is 4.79 Å². The van der Waals surface area contributed by atoms with E-state index in [0.717, 1.165) is 11.3 Å². The minimum absolute atomic E-state index is 0.234. The van der Waals surface area contributed by atoms with Crippen LogP contribution in [0.4, 0.5) is 0 Å². The number of hydrogen-bond donors (Lipinski definition) is 1. The number of benzene rings is 1. The zero-order valence-electron chi connectivity index (χ0n) is 10.5. The molecule has 2 heterocycles. The molecule has 0 atom stereocenters. The molecular formula is C15H11N3O2. The third kappa shape index (κ3) is 2.29. The highest BCUT2D eigenvalue weighted by molar-refractivity contribution is 5.88. The molecule has 1 N–H and O–H groups in total. The molecule has 0 saturated heterocycles. The molecule has 0 aliphatic heterocycles. The summed E-state index contributed by atoms with van der Waals surface area (Å²) >= 11 is 0. The second-order valence-electron chi connectivity index (χ2n) is 4.24. The van der Waals surface area contributed by atoms with Gasteiger partial charge in [-0.3, -0.25) is 4.98 Å². The molecule has 0 aliphatic carbocycles. The lowest BCUT2D eigenvalue weighted by Crippen LogP contribution is -1.99. The number of aromatic nitrogens is 3. The van der Waals surface area contributed by atoms with Crippen molar-refractivity contribution in [2.75, 3.05) is 0 Å². The summed E-state index contributed by atoms with van der Waals surface area (Å²) in [6.07, 6.45) is 5.25. The smallest absolute Gasteiger partial charge is 0.335 e. The molecule has 0 fully saturated rings. The lowest BCUT2D eigenvalue weighted by molar-refractivity contribution is 0.0697. The third-order valence-corrected chi connectivity index (χ3v) is 2.90.